The Labute approximate surface area is 186 Å². The van der Waals surface area contributed by atoms with Crippen LogP contribution in [0, 0.1) is 6.92 Å². The van der Waals surface area contributed by atoms with Crippen molar-refractivity contribution < 1.29 is 27.5 Å². The summed E-state index contributed by atoms with van der Waals surface area (Å²) in [4.78, 5) is 25.1. The molecule has 8 heteroatoms. The summed E-state index contributed by atoms with van der Waals surface area (Å²) in [5.41, 5.74) is 1.05. The average Bonchev–Trinajstić information content (AvgIpc) is 2.82. The van der Waals surface area contributed by atoms with Crippen LogP contribution in [0.1, 0.15) is 26.3 Å². The number of fused-ring (bicyclic) bond motifs is 1. The molecule has 0 spiro atoms. The van der Waals surface area contributed by atoms with Gasteiger partial charge in [0.15, 0.2) is 12.4 Å². The largest absolute Gasteiger partial charge is 0.454 e. The van der Waals surface area contributed by atoms with Crippen LogP contribution in [-0.2, 0) is 19.5 Å². The predicted molar refractivity (Wildman–Crippen MR) is 119 cm³/mol. The molecule has 0 aliphatic carbocycles. The third-order valence-corrected chi connectivity index (χ3v) is 7.46. The molecule has 0 amide bonds. The summed E-state index contributed by atoms with van der Waals surface area (Å²) in [6.07, 6.45) is 0. The van der Waals surface area contributed by atoms with E-state index in [-0.39, 0.29) is 29.3 Å². The van der Waals surface area contributed by atoms with Crippen molar-refractivity contribution in [2.75, 3.05) is 32.9 Å². The molecule has 3 aromatic carbocycles. The molecule has 0 aromatic heterocycles. The highest BCUT2D eigenvalue weighted by atomic mass is 32.2. The van der Waals surface area contributed by atoms with Gasteiger partial charge in [-0.3, -0.25) is 4.79 Å². The Morgan fingerprint density at radius 1 is 0.938 bits per heavy atom. The maximum Gasteiger partial charge on any atom is 0.338 e. The van der Waals surface area contributed by atoms with Crippen molar-refractivity contribution in [2.45, 2.75) is 11.8 Å². The molecular weight excluding hydrogens is 430 g/mol. The van der Waals surface area contributed by atoms with E-state index in [9.17, 15) is 18.0 Å². The molecule has 1 heterocycles. The van der Waals surface area contributed by atoms with E-state index >= 15 is 0 Å². The first-order valence-electron chi connectivity index (χ1n) is 10.2. The van der Waals surface area contributed by atoms with Crippen LogP contribution < -0.4 is 0 Å². The summed E-state index contributed by atoms with van der Waals surface area (Å²) in [5.74, 6) is -1.09. The van der Waals surface area contributed by atoms with Gasteiger partial charge in [-0.05, 0) is 41.5 Å². The molecule has 0 saturated carbocycles. The van der Waals surface area contributed by atoms with Crippen LogP contribution >= 0.6 is 0 Å². The van der Waals surface area contributed by atoms with Crippen molar-refractivity contribution in [3.63, 3.8) is 0 Å². The molecule has 0 bridgehead atoms. The van der Waals surface area contributed by atoms with Crippen molar-refractivity contribution in [2.24, 2.45) is 0 Å². The number of ketones is 1. The molecule has 1 aliphatic heterocycles. The van der Waals surface area contributed by atoms with Gasteiger partial charge < -0.3 is 9.47 Å². The van der Waals surface area contributed by atoms with Gasteiger partial charge in [-0.2, -0.15) is 4.31 Å². The van der Waals surface area contributed by atoms with E-state index in [1.807, 2.05) is 30.3 Å². The topological polar surface area (TPSA) is 90.0 Å². The number of hydrogen-bond donors (Lipinski definition) is 0. The first-order chi connectivity index (χ1) is 15.4. The van der Waals surface area contributed by atoms with Gasteiger partial charge in [0, 0.05) is 18.7 Å². The Kier molecular flexibility index (Phi) is 6.36. The average molecular weight is 454 g/mol. The summed E-state index contributed by atoms with van der Waals surface area (Å²) in [6, 6.07) is 17.3. The van der Waals surface area contributed by atoms with Crippen molar-refractivity contribution in [3.05, 3.63) is 77.4 Å². The zero-order valence-electron chi connectivity index (χ0n) is 17.6. The number of benzene rings is 3. The third kappa shape index (κ3) is 4.57. The number of morpholine rings is 1. The van der Waals surface area contributed by atoms with E-state index in [1.165, 1.54) is 16.4 Å². The lowest BCUT2D eigenvalue weighted by molar-refractivity contribution is 0.0474. The maximum absolute atomic E-state index is 13.0. The van der Waals surface area contributed by atoms with Crippen LogP contribution in [0.3, 0.4) is 0 Å². The predicted octanol–water partition coefficient (Wildman–Crippen LogP) is 3.21. The van der Waals surface area contributed by atoms with Crippen LogP contribution in [0.5, 0.6) is 0 Å². The number of nitrogens with zero attached hydrogens (tertiary/aromatic N) is 1. The van der Waals surface area contributed by atoms with Gasteiger partial charge in [0.2, 0.25) is 10.0 Å². The van der Waals surface area contributed by atoms with Gasteiger partial charge in [-0.25, -0.2) is 13.2 Å². The molecule has 0 N–H and O–H groups in total. The fourth-order valence-electron chi connectivity index (χ4n) is 3.59. The fourth-order valence-corrected chi connectivity index (χ4v) is 5.25. The van der Waals surface area contributed by atoms with Crippen LogP contribution in [0.4, 0.5) is 0 Å². The summed E-state index contributed by atoms with van der Waals surface area (Å²) in [6.45, 7) is 2.42. The molecule has 3 aromatic rings. The van der Waals surface area contributed by atoms with Gasteiger partial charge in [0.1, 0.15) is 0 Å². The second-order valence-corrected chi connectivity index (χ2v) is 9.46. The van der Waals surface area contributed by atoms with Crippen molar-refractivity contribution in [3.8, 4) is 0 Å². The first kappa shape index (κ1) is 22.1. The Balaban J connectivity index is 1.48. The van der Waals surface area contributed by atoms with Crippen LogP contribution in [0.25, 0.3) is 10.8 Å². The second kappa shape index (κ2) is 9.20. The number of sulfonamides is 1. The zero-order chi connectivity index (χ0) is 22.7. The number of aryl methyl sites for hydroxylation is 1. The summed E-state index contributed by atoms with van der Waals surface area (Å²) in [7, 11) is -3.77. The lowest BCUT2D eigenvalue weighted by Gasteiger charge is -2.26. The standard InChI is InChI=1S/C24H23NO6S/c1-17-6-7-21(15-23(17)32(28,29)25-10-12-30-13-11-25)24(27)31-16-22(26)20-9-8-18-4-2-3-5-19(18)14-20/h2-9,14-15H,10-13,16H2,1H3. The lowest BCUT2D eigenvalue weighted by Crippen LogP contribution is -2.40. The van der Waals surface area contributed by atoms with Gasteiger partial charge in [-0.1, -0.05) is 42.5 Å². The van der Waals surface area contributed by atoms with Crippen LogP contribution in [0.15, 0.2) is 65.6 Å². The minimum absolute atomic E-state index is 0.0507. The minimum Gasteiger partial charge on any atom is -0.454 e. The van der Waals surface area contributed by atoms with Crippen LogP contribution in [0.2, 0.25) is 0 Å². The minimum atomic E-state index is -3.77. The third-order valence-electron chi connectivity index (χ3n) is 5.42. The van der Waals surface area contributed by atoms with Crippen LogP contribution in [-0.4, -0.2) is 57.4 Å². The number of ether oxygens (including phenoxy) is 2. The van der Waals surface area contributed by atoms with Gasteiger partial charge in [-0.15, -0.1) is 0 Å². The molecule has 7 nitrogen and oxygen atoms in total. The van der Waals surface area contributed by atoms with Crippen molar-refractivity contribution in [1.82, 2.24) is 4.31 Å². The van der Waals surface area contributed by atoms with E-state index in [1.54, 1.807) is 25.1 Å². The van der Waals surface area contributed by atoms with Crippen molar-refractivity contribution >= 4 is 32.5 Å². The molecule has 166 valence electrons. The highest BCUT2D eigenvalue weighted by Crippen LogP contribution is 2.23. The van der Waals surface area contributed by atoms with E-state index in [0.29, 0.717) is 24.3 Å². The van der Waals surface area contributed by atoms with Gasteiger partial charge in [0.25, 0.3) is 0 Å². The SMILES string of the molecule is Cc1ccc(C(=O)OCC(=O)c2ccc3ccccc3c2)cc1S(=O)(=O)N1CCOCC1. The maximum atomic E-state index is 13.0. The summed E-state index contributed by atoms with van der Waals surface area (Å²) >= 11 is 0. The normalized spacial score (nSPS) is 14.9. The molecule has 0 radical (unpaired) electrons. The molecule has 0 unspecified atom stereocenters. The van der Waals surface area contributed by atoms with E-state index < -0.39 is 22.6 Å². The highest BCUT2D eigenvalue weighted by Gasteiger charge is 2.28. The number of rotatable bonds is 6. The molecule has 0 atom stereocenters. The smallest absolute Gasteiger partial charge is 0.338 e. The quantitative estimate of drug-likeness (QED) is 0.421. The molecular formula is C24H23NO6S. The number of esters is 1. The summed E-state index contributed by atoms with van der Waals surface area (Å²) in [5, 5.41) is 1.93. The van der Waals surface area contributed by atoms with Gasteiger partial charge in [0.05, 0.1) is 23.7 Å². The Hall–Kier alpha value is -3.07. The summed E-state index contributed by atoms with van der Waals surface area (Å²) < 4.78 is 37.8. The molecule has 32 heavy (non-hydrogen) atoms. The van der Waals surface area contributed by atoms with Crippen molar-refractivity contribution in [1.29, 1.82) is 0 Å². The van der Waals surface area contributed by atoms with E-state index in [2.05, 4.69) is 0 Å². The fraction of sp³-hybridized carbons (Fsp3) is 0.250. The monoisotopic (exact) mass is 453 g/mol. The number of hydrogen-bond acceptors (Lipinski definition) is 6. The second-order valence-electron chi connectivity index (χ2n) is 7.56. The Bertz CT molecular complexity index is 1280. The molecule has 1 fully saturated rings. The Morgan fingerprint density at radius 2 is 1.62 bits per heavy atom. The van der Waals surface area contributed by atoms with E-state index in [4.69, 9.17) is 9.47 Å². The Morgan fingerprint density at radius 3 is 2.38 bits per heavy atom. The molecule has 1 saturated heterocycles. The lowest BCUT2D eigenvalue weighted by atomic mass is 10.0. The molecule has 1 aliphatic rings. The number of carbonyl (C=O) groups excluding carboxylic acids is 2. The first-order valence-corrected chi connectivity index (χ1v) is 11.7. The molecule has 4 rings (SSSR count). The number of Topliss-reactive ketones (excluding diaryl/α,β-unsaturated/α-hetero) is 1. The zero-order valence-corrected chi connectivity index (χ0v) is 18.4. The van der Waals surface area contributed by atoms with E-state index in [0.717, 1.165) is 10.8 Å². The van der Waals surface area contributed by atoms with Gasteiger partial charge >= 0.3 is 5.97 Å². The number of carbonyl (C=O) groups is 2. The highest BCUT2D eigenvalue weighted by molar-refractivity contribution is 7.89.